The molecule has 1 aromatic heterocycles. The molecule has 29 heavy (non-hydrogen) atoms. The van der Waals surface area contributed by atoms with Gasteiger partial charge in [0.1, 0.15) is 5.82 Å². The second-order valence-corrected chi connectivity index (χ2v) is 6.79. The Morgan fingerprint density at radius 3 is 2.34 bits per heavy atom. The third kappa shape index (κ3) is 4.52. The molecule has 0 unspecified atom stereocenters. The fourth-order valence-electron chi connectivity index (χ4n) is 3.13. The molecule has 5 heteroatoms. The molecule has 144 valence electrons. The minimum Gasteiger partial charge on any atom is -0.355 e. The SMILES string of the molecule is Cc1nccn1Cc1ccc(NC(=O)c2ccccc2Nc2ccccc2)cc1. The van der Waals surface area contributed by atoms with Crippen LogP contribution in [0.4, 0.5) is 17.1 Å². The molecule has 3 aromatic carbocycles. The van der Waals surface area contributed by atoms with Crippen LogP contribution in [0.1, 0.15) is 21.7 Å². The number of amides is 1. The lowest BCUT2D eigenvalue weighted by atomic mass is 10.1. The first-order valence-corrected chi connectivity index (χ1v) is 9.48. The van der Waals surface area contributed by atoms with Crippen LogP contribution in [0.3, 0.4) is 0 Å². The monoisotopic (exact) mass is 382 g/mol. The molecule has 0 aliphatic rings. The van der Waals surface area contributed by atoms with Gasteiger partial charge in [-0.2, -0.15) is 0 Å². The van der Waals surface area contributed by atoms with Crippen molar-refractivity contribution in [2.45, 2.75) is 13.5 Å². The van der Waals surface area contributed by atoms with E-state index in [2.05, 4.69) is 20.2 Å². The van der Waals surface area contributed by atoms with Gasteiger partial charge in [-0.05, 0) is 48.9 Å². The highest BCUT2D eigenvalue weighted by molar-refractivity contribution is 6.08. The number of para-hydroxylation sites is 2. The van der Waals surface area contributed by atoms with Gasteiger partial charge in [0.2, 0.25) is 0 Å². The summed E-state index contributed by atoms with van der Waals surface area (Å²) in [5.41, 5.74) is 4.20. The summed E-state index contributed by atoms with van der Waals surface area (Å²) in [6, 6.07) is 25.2. The van der Waals surface area contributed by atoms with E-state index in [4.69, 9.17) is 0 Å². The number of nitrogens with one attached hydrogen (secondary N) is 2. The molecule has 1 amide bonds. The van der Waals surface area contributed by atoms with Crippen molar-refractivity contribution in [3.63, 3.8) is 0 Å². The molecule has 0 radical (unpaired) electrons. The van der Waals surface area contributed by atoms with Gasteiger partial charge in [-0.3, -0.25) is 4.79 Å². The van der Waals surface area contributed by atoms with Crippen molar-refractivity contribution in [1.29, 1.82) is 0 Å². The minimum atomic E-state index is -0.151. The van der Waals surface area contributed by atoms with E-state index in [1.165, 1.54) is 0 Å². The summed E-state index contributed by atoms with van der Waals surface area (Å²) in [6.45, 7) is 2.74. The van der Waals surface area contributed by atoms with Crippen LogP contribution >= 0.6 is 0 Å². The van der Waals surface area contributed by atoms with Crippen molar-refractivity contribution in [3.05, 3.63) is 108 Å². The fraction of sp³-hybridized carbons (Fsp3) is 0.0833. The van der Waals surface area contributed by atoms with Crippen LogP contribution in [0.2, 0.25) is 0 Å². The van der Waals surface area contributed by atoms with Gasteiger partial charge in [0.05, 0.1) is 11.3 Å². The molecule has 4 aromatic rings. The summed E-state index contributed by atoms with van der Waals surface area (Å²) in [5, 5.41) is 6.29. The Labute approximate surface area is 170 Å². The lowest BCUT2D eigenvalue weighted by Crippen LogP contribution is -2.14. The zero-order valence-electron chi connectivity index (χ0n) is 16.2. The fourth-order valence-corrected chi connectivity index (χ4v) is 3.13. The highest BCUT2D eigenvalue weighted by Crippen LogP contribution is 2.22. The smallest absolute Gasteiger partial charge is 0.257 e. The molecule has 0 bridgehead atoms. The average Bonchev–Trinajstić information content (AvgIpc) is 3.15. The molecule has 2 N–H and O–H groups in total. The summed E-state index contributed by atoms with van der Waals surface area (Å²) < 4.78 is 2.08. The van der Waals surface area contributed by atoms with Gasteiger partial charge in [-0.1, -0.05) is 42.5 Å². The van der Waals surface area contributed by atoms with Gasteiger partial charge in [0.25, 0.3) is 5.91 Å². The van der Waals surface area contributed by atoms with Crippen LogP contribution in [-0.2, 0) is 6.54 Å². The van der Waals surface area contributed by atoms with E-state index in [9.17, 15) is 4.79 Å². The quantitative estimate of drug-likeness (QED) is 0.480. The summed E-state index contributed by atoms with van der Waals surface area (Å²) in [7, 11) is 0. The highest BCUT2D eigenvalue weighted by Gasteiger charge is 2.11. The molecule has 5 nitrogen and oxygen atoms in total. The Morgan fingerprint density at radius 2 is 1.62 bits per heavy atom. The predicted octanol–water partition coefficient (Wildman–Crippen LogP) is 5.24. The number of benzene rings is 3. The molecule has 1 heterocycles. The molecule has 0 spiro atoms. The molecule has 0 saturated carbocycles. The first-order valence-electron chi connectivity index (χ1n) is 9.48. The Balaban J connectivity index is 1.46. The second-order valence-electron chi connectivity index (χ2n) is 6.79. The van der Waals surface area contributed by atoms with Crippen LogP contribution < -0.4 is 10.6 Å². The number of imidazole rings is 1. The predicted molar refractivity (Wildman–Crippen MR) is 117 cm³/mol. The number of carbonyl (C=O) groups excluding carboxylic acids is 1. The Bertz CT molecular complexity index is 1100. The molecular weight excluding hydrogens is 360 g/mol. The maximum atomic E-state index is 12.8. The zero-order valence-corrected chi connectivity index (χ0v) is 16.2. The van der Waals surface area contributed by atoms with E-state index in [0.717, 1.165) is 35.0 Å². The third-order valence-electron chi connectivity index (χ3n) is 4.71. The lowest BCUT2D eigenvalue weighted by Gasteiger charge is -2.13. The summed E-state index contributed by atoms with van der Waals surface area (Å²) in [5.74, 6) is 0.826. The molecule has 0 atom stereocenters. The van der Waals surface area contributed by atoms with E-state index in [1.54, 1.807) is 6.20 Å². The third-order valence-corrected chi connectivity index (χ3v) is 4.71. The first kappa shape index (κ1) is 18.5. The van der Waals surface area contributed by atoms with E-state index in [1.807, 2.05) is 92.0 Å². The number of carbonyl (C=O) groups is 1. The molecule has 4 rings (SSSR count). The summed E-state index contributed by atoms with van der Waals surface area (Å²) >= 11 is 0. The van der Waals surface area contributed by atoms with Gasteiger partial charge in [0.15, 0.2) is 0 Å². The Kier molecular flexibility index (Phi) is 5.38. The topological polar surface area (TPSA) is 59.0 Å². The molecule has 0 saturated heterocycles. The molecule has 0 aliphatic heterocycles. The highest BCUT2D eigenvalue weighted by atomic mass is 16.1. The van der Waals surface area contributed by atoms with Crippen molar-refractivity contribution < 1.29 is 4.79 Å². The van der Waals surface area contributed by atoms with Crippen molar-refractivity contribution >= 4 is 23.0 Å². The minimum absolute atomic E-state index is 0.151. The maximum Gasteiger partial charge on any atom is 0.257 e. The summed E-state index contributed by atoms with van der Waals surface area (Å²) in [4.78, 5) is 17.1. The maximum absolute atomic E-state index is 12.8. The number of hydrogen-bond donors (Lipinski definition) is 2. The van der Waals surface area contributed by atoms with Gasteiger partial charge in [0, 0.05) is 30.3 Å². The van der Waals surface area contributed by atoms with Crippen LogP contribution in [-0.4, -0.2) is 15.5 Å². The van der Waals surface area contributed by atoms with Gasteiger partial charge in [-0.15, -0.1) is 0 Å². The van der Waals surface area contributed by atoms with E-state index >= 15 is 0 Å². The van der Waals surface area contributed by atoms with Gasteiger partial charge < -0.3 is 15.2 Å². The molecular formula is C24H22N4O. The zero-order chi connectivity index (χ0) is 20.1. The summed E-state index contributed by atoms with van der Waals surface area (Å²) in [6.07, 6.45) is 3.76. The number of aryl methyl sites for hydroxylation is 1. The van der Waals surface area contributed by atoms with Crippen LogP contribution in [0.15, 0.2) is 91.3 Å². The lowest BCUT2D eigenvalue weighted by molar-refractivity contribution is 0.102. The van der Waals surface area contributed by atoms with Gasteiger partial charge >= 0.3 is 0 Å². The van der Waals surface area contributed by atoms with E-state index < -0.39 is 0 Å². The van der Waals surface area contributed by atoms with Crippen LogP contribution in [0.5, 0.6) is 0 Å². The van der Waals surface area contributed by atoms with Gasteiger partial charge in [-0.25, -0.2) is 4.98 Å². The second kappa shape index (κ2) is 8.44. The Morgan fingerprint density at radius 1 is 0.897 bits per heavy atom. The largest absolute Gasteiger partial charge is 0.355 e. The molecule has 0 aliphatic carbocycles. The van der Waals surface area contributed by atoms with E-state index in [0.29, 0.717) is 5.56 Å². The van der Waals surface area contributed by atoms with Crippen LogP contribution in [0, 0.1) is 6.92 Å². The van der Waals surface area contributed by atoms with Crippen molar-refractivity contribution in [2.75, 3.05) is 10.6 Å². The van der Waals surface area contributed by atoms with Crippen molar-refractivity contribution in [1.82, 2.24) is 9.55 Å². The van der Waals surface area contributed by atoms with Crippen molar-refractivity contribution in [3.8, 4) is 0 Å². The first-order chi connectivity index (χ1) is 14.2. The standard InChI is InChI=1S/C24H22N4O/c1-18-25-15-16-28(18)17-19-11-13-21(14-12-19)27-24(29)22-9-5-6-10-23(22)26-20-7-3-2-4-8-20/h2-16,26H,17H2,1H3,(H,27,29). The Hall–Kier alpha value is -3.86. The van der Waals surface area contributed by atoms with Crippen LogP contribution in [0.25, 0.3) is 0 Å². The average molecular weight is 382 g/mol. The number of hydrogen-bond acceptors (Lipinski definition) is 3. The van der Waals surface area contributed by atoms with E-state index in [-0.39, 0.29) is 5.91 Å². The number of anilines is 3. The van der Waals surface area contributed by atoms with Crippen molar-refractivity contribution in [2.24, 2.45) is 0 Å². The molecule has 0 fully saturated rings. The number of rotatable bonds is 6. The normalized spacial score (nSPS) is 10.5. The number of nitrogens with zero attached hydrogens (tertiary/aromatic N) is 2. The number of aromatic nitrogens is 2.